The van der Waals surface area contributed by atoms with E-state index in [-0.39, 0.29) is 5.56 Å². The first-order valence-electron chi connectivity index (χ1n) is 8.64. The molecule has 2 rings (SSSR count). The van der Waals surface area contributed by atoms with Crippen LogP contribution in [0.3, 0.4) is 0 Å². The molecule has 0 aliphatic heterocycles. The summed E-state index contributed by atoms with van der Waals surface area (Å²) < 4.78 is 10.3. The third-order valence-corrected chi connectivity index (χ3v) is 5.96. The summed E-state index contributed by atoms with van der Waals surface area (Å²) in [6, 6.07) is 4.64. The number of aliphatic carboxylic acids is 1. The number of hydrogen-bond donors (Lipinski definition) is 3. The zero-order valence-corrected chi connectivity index (χ0v) is 16.2. The number of carbonyl (C=O) groups excluding carboxylic acids is 2. The second kappa shape index (κ2) is 7.46. The number of carboxylic acid groups (broad SMARTS) is 1. The highest BCUT2D eigenvalue weighted by atomic mass is 16.5. The Hall–Kier alpha value is -2.77. The van der Waals surface area contributed by atoms with E-state index in [2.05, 4.69) is 10.9 Å². The summed E-state index contributed by atoms with van der Waals surface area (Å²) in [5, 5.41) is 9.54. The maximum absolute atomic E-state index is 12.6. The van der Waals surface area contributed by atoms with Crippen molar-refractivity contribution < 1.29 is 29.0 Å². The van der Waals surface area contributed by atoms with Gasteiger partial charge in [-0.15, -0.1) is 0 Å². The van der Waals surface area contributed by atoms with Crippen molar-refractivity contribution in [1.29, 1.82) is 0 Å². The van der Waals surface area contributed by atoms with E-state index >= 15 is 0 Å². The minimum Gasteiger partial charge on any atom is -0.493 e. The fraction of sp³-hybridized carbons (Fsp3) is 0.526. The summed E-state index contributed by atoms with van der Waals surface area (Å²) in [5.74, 6) is -1.48. The molecule has 0 heterocycles. The summed E-state index contributed by atoms with van der Waals surface area (Å²) in [5.41, 5.74) is 3.33. The molecule has 0 spiro atoms. The van der Waals surface area contributed by atoms with E-state index in [1.54, 1.807) is 32.9 Å². The first-order valence-corrected chi connectivity index (χ1v) is 8.64. The molecule has 0 radical (unpaired) electrons. The molecule has 0 aromatic heterocycles. The first-order chi connectivity index (χ1) is 12.6. The molecule has 27 heavy (non-hydrogen) atoms. The largest absolute Gasteiger partial charge is 0.493 e. The molecule has 1 fully saturated rings. The van der Waals surface area contributed by atoms with Crippen LogP contribution in [-0.2, 0) is 9.59 Å². The Balaban J connectivity index is 2.06. The summed E-state index contributed by atoms with van der Waals surface area (Å²) in [6.07, 6.45) is 0.838. The highest BCUT2D eigenvalue weighted by Gasteiger charge is 2.58. The SMILES string of the molecule is COc1ccc(C(=O)NNC(=O)C2CCC(C)(C(=O)O)C2(C)C)cc1OC. The van der Waals surface area contributed by atoms with Crippen molar-refractivity contribution in [3.8, 4) is 11.5 Å². The summed E-state index contributed by atoms with van der Waals surface area (Å²) >= 11 is 0. The van der Waals surface area contributed by atoms with Gasteiger partial charge in [-0.2, -0.15) is 0 Å². The minimum atomic E-state index is -0.998. The lowest BCUT2D eigenvalue weighted by Crippen LogP contribution is -2.49. The number of carbonyl (C=O) groups is 3. The molecule has 2 atom stereocenters. The highest BCUT2D eigenvalue weighted by molar-refractivity contribution is 5.96. The Morgan fingerprint density at radius 2 is 1.70 bits per heavy atom. The predicted octanol–water partition coefficient (Wildman–Crippen LogP) is 1.99. The maximum atomic E-state index is 12.6. The third kappa shape index (κ3) is 3.56. The Labute approximate surface area is 158 Å². The van der Waals surface area contributed by atoms with E-state index in [1.807, 2.05) is 0 Å². The second-order valence-electron chi connectivity index (χ2n) is 7.46. The molecular formula is C19H26N2O6. The number of benzene rings is 1. The number of hydrazine groups is 1. The van der Waals surface area contributed by atoms with Gasteiger partial charge in [0.15, 0.2) is 11.5 Å². The standard InChI is InChI=1S/C19H26N2O6/c1-18(2)12(8-9-19(18,3)17(24)25)16(23)21-20-15(22)11-6-7-13(26-4)14(10-11)27-5/h6-7,10,12H,8-9H2,1-5H3,(H,20,22)(H,21,23)(H,24,25). The number of ether oxygens (including phenoxy) is 2. The van der Waals surface area contributed by atoms with Crippen LogP contribution in [0.5, 0.6) is 11.5 Å². The quantitative estimate of drug-likeness (QED) is 0.675. The van der Waals surface area contributed by atoms with Crippen molar-refractivity contribution in [2.45, 2.75) is 33.6 Å². The lowest BCUT2D eigenvalue weighted by atomic mass is 9.65. The molecule has 8 nitrogen and oxygen atoms in total. The van der Waals surface area contributed by atoms with Gasteiger partial charge in [0.25, 0.3) is 5.91 Å². The van der Waals surface area contributed by atoms with Gasteiger partial charge in [-0.05, 0) is 43.4 Å². The molecule has 8 heteroatoms. The van der Waals surface area contributed by atoms with Crippen LogP contribution < -0.4 is 20.3 Å². The molecule has 1 aliphatic rings. The predicted molar refractivity (Wildman–Crippen MR) is 97.4 cm³/mol. The van der Waals surface area contributed by atoms with Crippen LogP contribution in [0.2, 0.25) is 0 Å². The molecule has 1 saturated carbocycles. The minimum absolute atomic E-state index is 0.286. The van der Waals surface area contributed by atoms with E-state index in [0.717, 1.165) is 0 Å². The van der Waals surface area contributed by atoms with Crippen LogP contribution in [-0.4, -0.2) is 37.1 Å². The van der Waals surface area contributed by atoms with E-state index in [4.69, 9.17) is 9.47 Å². The zero-order valence-electron chi connectivity index (χ0n) is 16.2. The molecular weight excluding hydrogens is 352 g/mol. The lowest BCUT2D eigenvalue weighted by molar-refractivity contribution is -0.155. The van der Waals surface area contributed by atoms with Crippen LogP contribution in [0.25, 0.3) is 0 Å². The second-order valence-corrected chi connectivity index (χ2v) is 7.46. The summed E-state index contributed by atoms with van der Waals surface area (Å²) in [6.45, 7) is 5.20. The molecule has 1 aromatic carbocycles. The van der Waals surface area contributed by atoms with Gasteiger partial charge >= 0.3 is 5.97 Å². The Morgan fingerprint density at radius 1 is 1.07 bits per heavy atom. The summed E-state index contributed by atoms with van der Waals surface area (Å²) in [4.78, 5) is 36.5. The van der Waals surface area contributed by atoms with Crippen LogP contribution in [0.15, 0.2) is 18.2 Å². The fourth-order valence-corrected chi connectivity index (χ4v) is 3.60. The molecule has 2 amide bonds. The summed E-state index contributed by atoms with van der Waals surface area (Å²) in [7, 11) is 2.95. The van der Waals surface area contributed by atoms with E-state index in [1.165, 1.54) is 20.3 Å². The molecule has 0 saturated heterocycles. The van der Waals surface area contributed by atoms with Crippen LogP contribution in [0.1, 0.15) is 44.0 Å². The normalized spacial score (nSPS) is 23.4. The third-order valence-electron chi connectivity index (χ3n) is 5.96. The van der Waals surface area contributed by atoms with Gasteiger partial charge < -0.3 is 14.6 Å². The molecule has 0 bridgehead atoms. The van der Waals surface area contributed by atoms with Crippen molar-refractivity contribution in [3.63, 3.8) is 0 Å². The van der Waals surface area contributed by atoms with Crippen molar-refractivity contribution in [1.82, 2.24) is 10.9 Å². The van der Waals surface area contributed by atoms with Crippen molar-refractivity contribution in [2.75, 3.05) is 14.2 Å². The molecule has 2 unspecified atom stereocenters. The average molecular weight is 378 g/mol. The smallest absolute Gasteiger partial charge is 0.309 e. The van der Waals surface area contributed by atoms with Crippen molar-refractivity contribution in [2.24, 2.45) is 16.7 Å². The Morgan fingerprint density at radius 3 is 2.22 bits per heavy atom. The topological polar surface area (TPSA) is 114 Å². The number of carboxylic acids is 1. The Bertz CT molecular complexity index is 761. The number of nitrogens with one attached hydrogen (secondary N) is 2. The molecule has 1 aliphatic carbocycles. The molecule has 1 aromatic rings. The van der Waals surface area contributed by atoms with Gasteiger partial charge in [0, 0.05) is 11.5 Å². The van der Waals surface area contributed by atoms with E-state index in [0.29, 0.717) is 24.3 Å². The van der Waals surface area contributed by atoms with E-state index in [9.17, 15) is 19.5 Å². The van der Waals surface area contributed by atoms with Crippen molar-refractivity contribution in [3.05, 3.63) is 23.8 Å². The lowest BCUT2D eigenvalue weighted by Gasteiger charge is -2.37. The first kappa shape index (κ1) is 20.5. The zero-order chi connectivity index (χ0) is 20.4. The van der Waals surface area contributed by atoms with Crippen molar-refractivity contribution >= 4 is 17.8 Å². The van der Waals surface area contributed by atoms with Gasteiger partial charge in [-0.3, -0.25) is 25.2 Å². The maximum Gasteiger partial charge on any atom is 0.309 e. The molecule has 3 N–H and O–H groups in total. The average Bonchev–Trinajstić information content (AvgIpc) is 2.89. The Kier molecular flexibility index (Phi) is 5.67. The molecule has 148 valence electrons. The number of rotatable bonds is 5. The van der Waals surface area contributed by atoms with E-state index < -0.39 is 34.5 Å². The fourth-order valence-electron chi connectivity index (χ4n) is 3.60. The highest BCUT2D eigenvalue weighted by Crippen LogP contribution is 2.56. The van der Waals surface area contributed by atoms with Crippen LogP contribution >= 0.6 is 0 Å². The monoisotopic (exact) mass is 378 g/mol. The number of amides is 2. The van der Waals surface area contributed by atoms with Gasteiger partial charge in [0.05, 0.1) is 19.6 Å². The van der Waals surface area contributed by atoms with Gasteiger partial charge in [0.2, 0.25) is 5.91 Å². The van der Waals surface area contributed by atoms with Gasteiger partial charge in [-0.25, -0.2) is 0 Å². The number of methoxy groups -OCH3 is 2. The van der Waals surface area contributed by atoms with Crippen LogP contribution in [0.4, 0.5) is 0 Å². The van der Waals surface area contributed by atoms with Crippen LogP contribution in [0, 0.1) is 16.7 Å². The number of hydrogen-bond acceptors (Lipinski definition) is 5. The van der Waals surface area contributed by atoms with Gasteiger partial charge in [0.1, 0.15) is 0 Å². The van der Waals surface area contributed by atoms with Gasteiger partial charge in [-0.1, -0.05) is 13.8 Å².